The van der Waals surface area contributed by atoms with E-state index in [-0.39, 0.29) is 11.5 Å². The van der Waals surface area contributed by atoms with Crippen LogP contribution in [0.3, 0.4) is 0 Å². The molecule has 0 fully saturated rings. The summed E-state index contributed by atoms with van der Waals surface area (Å²) in [5.74, 6) is -0.795. The summed E-state index contributed by atoms with van der Waals surface area (Å²) in [5.41, 5.74) is 1.66. The van der Waals surface area contributed by atoms with Crippen molar-refractivity contribution in [2.45, 2.75) is 13.3 Å². The first-order valence-corrected chi connectivity index (χ1v) is 7.87. The molecule has 0 saturated carbocycles. The van der Waals surface area contributed by atoms with Crippen LogP contribution in [0, 0.1) is 6.92 Å². The highest BCUT2D eigenvalue weighted by atomic mass is 16.5. The molecular weight excluding hydrogens is 322 g/mol. The Morgan fingerprint density at radius 2 is 1.84 bits per heavy atom. The van der Waals surface area contributed by atoms with Crippen molar-refractivity contribution in [3.63, 3.8) is 0 Å². The first kappa shape index (κ1) is 18.5. The molecule has 2 aromatic rings. The van der Waals surface area contributed by atoms with Gasteiger partial charge in [-0.05, 0) is 42.8 Å². The average molecular weight is 343 g/mol. The number of carboxylic acids is 1. The van der Waals surface area contributed by atoms with Crippen molar-refractivity contribution in [2.24, 2.45) is 0 Å². The van der Waals surface area contributed by atoms with E-state index in [9.17, 15) is 9.59 Å². The lowest BCUT2D eigenvalue weighted by molar-refractivity contribution is 0.0696. The Morgan fingerprint density at radius 1 is 1.08 bits per heavy atom. The summed E-state index contributed by atoms with van der Waals surface area (Å²) >= 11 is 0. The number of methoxy groups -OCH3 is 1. The summed E-state index contributed by atoms with van der Waals surface area (Å²) in [7, 11) is 1.64. The maximum atomic E-state index is 12.4. The van der Waals surface area contributed by atoms with Crippen molar-refractivity contribution in [2.75, 3.05) is 25.6 Å². The molecule has 0 radical (unpaired) electrons. The number of benzene rings is 2. The number of carbonyl (C=O) groups excluding carboxylic acids is 1. The molecule has 0 unspecified atom stereocenters. The smallest absolute Gasteiger partial charge is 0.335 e. The molecule has 0 aromatic heterocycles. The molecule has 0 atom stereocenters. The van der Waals surface area contributed by atoms with Crippen LogP contribution in [0.1, 0.15) is 32.7 Å². The highest BCUT2D eigenvalue weighted by Gasteiger charge is 2.11. The van der Waals surface area contributed by atoms with Gasteiger partial charge in [0.05, 0.1) is 12.2 Å². The number of rotatable bonds is 8. The van der Waals surface area contributed by atoms with Gasteiger partial charge in [-0.15, -0.1) is 0 Å². The van der Waals surface area contributed by atoms with Crippen molar-refractivity contribution in [1.82, 2.24) is 0 Å². The number of anilines is 1. The molecule has 0 aliphatic heterocycles. The molecule has 2 rings (SSSR count). The lowest BCUT2D eigenvalue weighted by Crippen LogP contribution is -2.13. The van der Waals surface area contributed by atoms with E-state index in [0.717, 1.165) is 6.42 Å². The third kappa shape index (κ3) is 5.61. The number of amides is 1. The summed E-state index contributed by atoms with van der Waals surface area (Å²) in [4.78, 5) is 23.5. The topological polar surface area (TPSA) is 84.9 Å². The highest BCUT2D eigenvalue weighted by molar-refractivity contribution is 6.05. The van der Waals surface area contributed by atoms with Crippen LogP contribution >= 0.6 is 0 Å². The maximum Gasteiger partial charge on any atom is 0.335 e. The fourth-order valence-corrected chi connectivity index (χ4v) is 2.30. The third-order valence-electron chi connectivity index (χ3n) is 3.44. The molecule has 0 aliphatic rings. The first-order chi connectivity index (χ1) is 12.0. The van der Waals surface area contributed by atoms with Crippen LogP contribution < -0.4 is 10.1 Å². The number of carboxylic acid groups (broad SMARTS) is 1. The number of hydrogen-bond acceptors (Lipinski definition) is 4. The molecule has 0 spiro atoms. The Balaban J connectivity index is 2.06. The van der Waals surface area contributed by atoms with Gasteiger partial charge in [0.25, 0.3) is 5.91 Å². The number of aromatic carboxylic acids is 1. The summed E-state index contributed by atoms with van der Waals surface area (Å²) in [6.07, 6.45) is 0.772. The maximum absolute atomic E-state index is 12.4. The van der Waals surface area contributed by atoms with Crippen molar-refractivity contribution in [3.05, 3.63) is 59.2 Å². The van der Waals surface area contributed by atoms with Crippen LogP contribution in [0.15, 0.2) is 42.5 Å². The minimum Gasteiger partial charge on any atom is -0.493 e. The van der Waals surface area contributed by atoms with Gasteiger partial charge in [0.15, 0.2) is 0 Å². The van der Waals surface area contributed by atoms with Crippen LogP contribution in [0.25, 0.3) is 0 Å². The number of carbonyl (C=O) groups is 2. The van der Waals surface area contributed by atoms with Crippen molar-refractivity contribution < 1.29 is 24.2 Å². The van der Waals surface area contributed by atoms with Gasteiger partial charge in [0.2, 0.25) is 0 Å². The van der Waals surface area contributed by atoms with E-state index in [2.05, 4.69) is 5.32 Å². The highest BCUT2D eigenvalue weighted by Crippen LogP contribution is 2.19. The zero-order chi connectivity index (χ0) is 18.2. The molecule has 6 nitrogen and oxygen atoms in total. The minimum atomic E-state index is -1.07. The van der Waals surface area contributed by atoms with Crippen LogP contribution in [-0.2, 0) is 4.74 Å². The Hall–Kier alpha value is -2.86. The van der Waals surface area contributed by atoms with Gasteiger partial charge < -0.3 is 19.9 Å². The molecular formula is C19H21NO5. The molecule has 6 heteroatoms. The molecule has 0 aliphatic carbocycles. The van der Waals surface area contributed by atoms with Crippen molar-refractivity contribution in [3.8, 4) is 5.75 Å². The number of aryl methyl sites for hydroxylation is 1. The number of nitrogens with one attached hydrogen (secondary N) is 1. The average Bonchev–Trinajstić information content (AvgIpc) is 2.58. The third-order valence-corrected chi connectivity index (χ3v) is 3.44. The van der Waals surface area contributed by atoms with Gasteiger partial charge in [-0.1, -0.05) is 6.07 Å². The van der Waals surface area contributed by atoms with Gasteiger partial charge in [0.1, 0.15) is 5.75 Å². The normalized spacial score (nSPS) is 10.3. The number of ether oxygens (including phenoxy) is 2. The SMILES string of the molecule is COCCCOc1cccc(NC(=O)c2cc(C)cc(C(=O)O)c2)c1. The monoisotopic (exact) mass is 343 g/mol. The zero-order valence-electron chi connectivity index (χ0n) is 14.2. The Kier molecular flexibility index (Phi) is 6.54. The predicted octanol–water partition coefficient (Wildman–Crippen LogP) is 3.36. The van der Waals surface area contributed by atoms with E-state index >= 15 is 0 Å². The summed E-state index contributed by atoms with van der Waals surface area (Å²) < 4.78 is 10.6. The van der Waals surface area contributed by atoms with Gasteiger partial charge in [-0.2, -0.15) is 0 Å². The Morgan fingerprint density at radius 3 is 2.56 bits per heavy atom. The zero-order valence-corrected chi connectivity index (χ0v) is 14.2. The standard InChI is InChI=1S/C19H21NO5/c1-13-9-14(11-15(10-13)19(22)23)18(21)20-16-5-3-6-17(12-16)25-8-4-7-24-2/h3,5-6,9-12H,4,7-8H2,1-2H3,(H,20,21)(H,22,23). The fourth-order valence-electron chi connectivity index (χ4n) is 2.30. The van der Waals surface area contributed by atoms with E-state index < -0.39 is 5.97 Å². The van der Waals surface area contributed by atoms with Crippen LogP contribution in [0.2, 0.25) is 0 Å². The molecule has 1 amide bonds. The molecule has 0 saturated heterocycles. The second kappa shape index (κ2) is 8.84. The van der Waals surface area contributed by atoms with Crippen molar-refractivity contribution in [1.29, 1.82) is 0 Å². The van der Waals surface area contributed by atoms with E-state index in [0.29, 0.717) is 35.8 Å². The molecule has 2 aromatic carbocycles. The second-order valence-corrected chi connectivity index (χ2v) is 5.57. The van der Waals surface area contributed by atoms with E-state index in [4.69, 9.17) is 14.6 Å². The lowest BCUT2D eigenvalue weighted by atomic mass is 10.1. The fraction of sp³-hybridized carbons (Fsp3) is 0.263. The Bertz CT molecular complexity index is 757. The second-order valence-electron chi connectivity index (χ2n) is 5.57. The quantitative estimate of drug-likeness (QED) is 0.718. The Labute approximate surface area is 146 Å². The van der Waals surface area contributed by atoms with Gasteiger partial charge in [-0.25, -0.2) is 4.79 Å². The molecule has 0 heterocycles. The predicted molar refractivity (Wildman–Crippen MR) is 94.5 cm³/mol. The van der Waals surface area contributed by atoms with Gasteiger partial charge >= 0.3 is 5.97 Å². The van der Waals surface area contributed by atoms with Gasteiger partial charge in [-0.3, -0.25) is 4.79 Å². The van der Waals surface area contributed by atoms with Crippen LogP contribution in [0.4, 0.5) is 5.69 Å². The molecule has 25 heavy (non-hydrogen) atoms. The summed E-state index contributed by atoms with van der Waals surface area (Å²) in [6, 6.07) is 11.6. The minimum absolute atomic E-state index is 0.0837. The largest absolute Gasteiger partial charge is 0.493 e. The van der Waals surface area contributed by atoms with E-state index in [1.165, 1.54) is 12.1 Å². The van der Waals surface area contributed by atoms with Crippen molar-refractivity contribution >= 4 is 17.6 Å². The van der Waals surface area contributed by atoms with Crippen LogP contribution in [0.5, 0.6) is 5.75 Å². The van der Waals surface area contributed by atoms with E-state index in [1.807, 2.05) is 0 Å². The van der Waals surface area contributed by atoms with E-state index in [1.54, 1.807) is 44.4 Å². The molecule has 0 bridgehead atoms. The van der Waals surface area contributed by atoms with Gasteiger partial charge in [0, 0.05) is 37.5 Å². The summed E-state index contributed by atoms with van der Waals surface area (Å²) in [5, 5.41) is 11.9. The van der Waals surface area contributed by atoms with Crippen LogP contribution in [-0.4, -0.2) is 37.3 Å². The molecule has 132 valence electrons. The lowest BCUT2D eigenvalue weighted by Gasteiger charge is -2.10. The summed E-state index contributed by atoms with van der Waals surface area (Å²) in [6.45, 7) is 2.89. The first-order valence-electron chi connectivity index (χ1n) is 7.87. The molecule has 2 N–H and O–H groups in total. The number of hydrogen-bond donors (Lipinski definition) is 2.